The van der Waals surface area contributed by atoms with E-state index in [2.05, 4.69) is 70.0 Å². The Hall–Kier alpha value is -4.11. The number of amides is 1. The summed E-state index contributed by atoms with van der Waals surface area (Å²) >= 11 is 0. The molecule has 9 nitrogen and oxygen atoms in total. The van der Waals surface area contributed by atoms with Gasteiger partial charge in [-0.15, -0.1) is 0 Å². The molecule has 0 saturated carbocycles. The summed E-state index contributed by atoms with van der Waals surface area (Å²) < 4.78 is 7.64. The first kappa shape index (κ1) is 28.4. The van der Waals surface area contributed by atoms with E-state index < -0.39 is 0 Å². The van der Waals surface area contributed by atoms with Gasteiger partial charge >= 0.3 is 0 Å². The topological polar surface area (TPSA) is 95.5 Å². The quantitative estimate of drug-likeness (QED) is 0.328. The van der Waals surface area contributed by atoms with Crippen LogP contribution < -0.4 is 20.4 Å². The summed E-state index contributed by atoms with van der Waals surface area (Å²) in [5.41, 5.74) is 5.39. The molecule has 1 saturated heterocycles. The van der Waals surface area contributed by atoms with E-state index in [0.29, 0.717) is 22.7 Å². The van der Waals surface area contributed by atoms with Crippen LogP contribution in [0.25, 0.3) is 22.0 Å². The van der Waals surface area contributed by atoms with Gasteiger partial charge in [-0.3, -0.25) is 9.59 Å². The predicted octanol–water partition coefficient (Wildman–Crippen LogP) is 4.67. The fourth-order valence-electron chi connectivity index (χ4n) is 5.57. The molecular formula is C32H40N6O3. The van der Waals surface area contributed by atoms with E-state index in [0.717, 1.165) is 66.0 Å². The number of anilines is 1. The van der Waals surface area contributed by atoms with Crippen LogP contribution in [0.3, 0.4) is 0 Å². The lowest BCUT2D eigenvalue weighted by molar-refractivity contribution is 0.0952. The van der Waals surface area contributed by atoms with Crippen molar-refractivity contribution in [2.45, 2.75) is 46.7 Å². The molecule has 0 aliphatic carbocycles. The summed E-state index contributed by atoms with van der Waals surface area (Å²) in [5.74, 6) is 1.09. The van der Waals surface area contributed by atoms with Crippen molar-refractivity contribution in [2.75, 3.05) is 45.2 Å². The number of nitrogens with zero attached hydrogens (tertiary/aromatic N) is 4. The summed E-state index contributed by atoms with van der Waals surface area (Å²) in [6, 6.07) is 10.0. The maximum atomic E-state index is 13.8. The molecule has 1 aliphatic heterocycles. The number of hydrogen-bond acceptors (Lipinski definition) is 6. The Balaban J connectivity index is 1.52. The normalized spacial score (nSPS) is 14.8. The van der Waals surface area contributed by atoms with Gasteiger partial charge in [0.15, 0.2) is 11.3 Å². The third-order valence-electron chi connectivity index (χ3n) is 8.20. The molecule has 3 aromatic heterocycles. The van der Waals surface area contributed by atoms with Crippen LogP contribution in [0.4, 0.5) is 5.82 Å². The largest absolute Gasteiger partial charge is 0.482 e. The molecule has 216 valence electrons. The predicted molar refractivity (Wildman–Crippen MR) is 164 cm³/mol. The average molecular weight is 557 g/mol. The molecule has 4 heterocycles. The second-order valence-electron chi connectivity index (χ2n) is 11.1. The minimum atomic E-state index is -0.245. The van der Waals surface area contributed by atoms with Gasteiger partial charge in [0.1, 0.15) is 5.82 Å². The first-order valence-electron chi connectivity index (χ1n) is 14.3. The molecule has 1 aromatic carbocycles. The highest BCUT2D eigenvalue weighted by Crippen LogP contribution is 2.34. The Morgan fingerprint density at radius 2 is 1.88 bits per heavy atom. The Kier molecular flexibility index (Phi) is 8.17. The summed E-state index contributed by atoms with van der Waals surface area (Å²) in [7, 11) is 3.65. The highest BCUT2D eigenvalue weighted by molar-refractivity contribution is 6.09. The zero-order valence-corrected chi connectivity index (χ0v) is 24.9. The highest BCUT2D eigenvalue weighted by Gasteiger charge is 2.21. The molecule has 1 amide bonds. The molecular weight excluding hydrogens is 516 g/mol. The standard InChI is InChI=1S/C32H40N6O3/c1-7-22(4)38-19-20(2)30-25(31(40)34-18-26-28(39)14-21(3)35-32(26)41-6)15-24(16-27(30)38)23-8-9-29(33-17-23)37-12-10-36(5)11-13-37/h8-9,14-17,19,22H,7,10-13,18H2,1-6H3,(H,34,40)(H,35,39). The van der Waals surface area contributed by atoms with Crippen LogP contribution in [-0.2, 0) is 6.54 Å². The van der Waals surface area contributed by atoms with E-state index >= 15 is 0 Å². The Morgan fingerprint density at radius 3 is 2.54 bits per heavy atom. The minimum Gasteiger partial charge on any atom is -0.482 e. The minimum absolute atomic E-state index is 0.0513. The number of carbonyl (C=O) groups excluding carboxylic acids is 1. The van der Waals surface area contributed by atoms with Crippen molar-refractivity contribution in [1.82, 2.24) is 24.8 Å². The maximum absolute atomic E-state index is 13.8. The number of rotatable bonds is 8. The molecule has 1 fully saturated rings. The number of likely N-dealkylation sites (N-methyl/N-ethyl adjacent to an activating group) is 1. The van der Waals surface area contributed by atoms with Gasteiger partial charge in [0.2, 0.25) is 0 Å². The van der Waals surface area contributed by atoms with Crippen LogP contribution in [-0.4, -0.2) is 65.7 Å². The van der Waals surface area contributed by atoms with E-state index in [4.69, 9.17) is 9.72 Å². The van der Waals surface area contributed by atoms with Gasteiger partial charge in [0.25, 0.3) is 5.91 Å². The number of benzene rings is 1. The van der Waals surface area contributed by atoms with Gasteiger partial charge in [-0.2, -0.15) is 0 Å². The van der Waals surface area contributed by atoms with Crippen molar-refractivity contribution in [3.63, 3.8) is 0 Å². The van der Waals surface area contributed by atoms with Gasteiger partial charge in [-0.05, 0) is 69.6 Å². The maximum Gasteiger partial charge on any atom is 0.252 e. The van der Waals surface area contributed by atoms with Gasteiger partial charge in [-0.25, -0.2) is 4.98 Å². The molecule has 0 spiro atoms. The van der Waals surface area contributed by atoms with Crippen molar-refractivity contribution in [1.29, 1.82) is 0 Å². The number of aromatic nitrogens is 3. The van der Waals surface area contributed by atoms with Crippen molar-refractivity contribution in [3.05, 3.63) is 75.3 Å². The molecule has 0 bridgehead atoms. The van der Waals surface area contributed by atoms with Gasteiger partial charge in [0.05, 0.1) is 19.2 Å². The van der Waals surface area contributed by atoms with Crippen molar-refractivity contribution < 1.29 is 9.53 Å². The average Bonchev–Trinajstić information content (AvgIpc) is 3.31. The molecule has 0 radical (unpaired) electrons. The third kappa shape index (κ3) is 5.72. The van der Waals surface area contributed by atoms with E-state index in [1.807, 2.05) is 19.2 Å². The van der Waals surface area contributed by atoms with Crippen LogP contribution >= 0.6 is 0 Å². The summed E-state index contributed by atoms with van der Waals surface area (Å²) in [6.45, 7) is 12.2. The van der Waals surface area contributed by atoms with Crippen molar-refractivity contribution in [3.8, 4) is 17.0 Å². The summed E-state index contributed by atoms with van der Waals surface area (Å²) in [6.07, 6.45) is 4.99. The Bertz CT molecular complexity index is 1610. The Morgan fingerprint density at radius 1 is 1.12 bits per heavy atom. The molecule has 1 atom stereocenters. The van der Waals surface area contributed by atoms with Crippen LogP contribution in [0.15, 0.2) is 47.5 Å². The molecule has 1 unspecified atom stereocenters. The number of hydrogen-bond donors (Lipinski definition) is 2. The van der Waals surface area contributed by atoms with Crippen LogP contribution in [0.5, 0.6) is 5.88 Å². The zero-order chi connectivity index (χ0) is 29.3. The highest BCUT2D eigenvalue weighted by atomic mass is 16.5. The lowest BCUT2D eigenvalue weighted by atomic mass is 9.98. The number of ether oxygens (including phenoxy) is 1. The number of aryl methyl sites for hydroxylation is 2. The van der Waals surface area contributed by atoms with E-state index in [-0.39, 0.29) is 23.9 Å². The first-order valence-corrected chi connectivity index (χ1v) is 14.3. The molecule has 41 heavy (non-hydrogen) atoms. The van der Waals surface area contributed by atoms with Crippen LogP contribution in [0.2, 0.25) is 0 Å². The smallest absolute Gasteiger partial charge is 0.252 e. The first-order chi connectivity index (χ1) is 19.7. The van der Waals surface area contributed by atoms with Gasteiger partial charge in [0, 0.05) is 78.4 Å². The second-order valence-corrected chi connectivity index (χ2v) is 11.1. The lowest BCUT2D eigenvalue weighted by Crippen LogP contribution is -2.44. The SMILES string of the molecule is CCC(C)n1cc(C)c2c(C(=O)NCc3c(OC)[nH]c(C)cc3=O)cc(-c3ccc(N4CCN(C)CC4)nc3)cc21. The summed E-state index contributed by atoms with van der Waals surface area (Å²) in [5, 5.41) is 3.90. The van der Waals surface area contributed by atoms with Crippen molar-refractivity contribution >= 4 is 22.6 Å². The Labute approximate surface area is 241 Å². The third-order valence-corrected chi connectivity index (χ3v) is 8.20. The fraction of sp³-hybridized carbons (Fsp3) is 0.406. The molecule has 2 N–H and O–H groups in total. The van der Waals surface area contributed by atoms with Gasteiger partial charge < -0.3 is 29.4 Å². The van der Waals surface area contributed by atoms with Crippen LogP contribution in [0, 0.1) is 13.8 Å². The van der Waals surface area contributed by atoms with Crippen LogP contribution in [0.1, 0.15) is 53.5 Å². The van der Waals surface area contributed by atoms with E-state index in [1.165, 1.54) is 13.2 Å². The lowest BCUT2D eigenvalue weighted by Gasteiger charge is -2.33. The number of piperazine rings is 1. The zero-order valence-electron chi connectivity index (χ0n) is 24.9. The number of fused-ring (bicyclic) bond motifs is 1. The number of methoxy groups -OCH3 is 1. The fourth-order valence-corrected chi connectivity index (χ4v) is 5.57. The number of aromatic amines is 1. The number of carbonyl (C=O) groups is 1. The number of pyridine rings is 2. The molecule has 1 aliphatic rings. The van der Waals surface area contributed by atoms with Gasteiger partial charge in [-0.1, -0.05) is 6.92 Å². The van der Waals surface area contributed by atoms with Crippen molar-refractivity contribution in [2.24, 2.45) is 0 Å². The molecule has 4 aromatic rings. The molecule has 9 heteroatoms. The number of nitrogens with one attached hydrogen (secondary N) is 2. The monoisotopic (exact) mass is 556 g/mol. The van der Waals surface area contributed by atoms with E-state index in [9.17, 15) is 9.59 Å². The van der Waals surface area contributed by atoms with E-state index in [1.54, 1.807) is 6.92 Å². The summed E-state index contributed by atoms with van der Waals surface area (Å²) in [4.78, 5) is 39.0. The molecule has 5 rings (SSSR count). The number of H-pyrrole nitrogens is 1. The second kappa shape index (κ2) is 11.8.